The molecule has 1 atom stereocenters. The van der Waals surface area contributed by atoms with Gasteiger partial charge in [0.05, 0.1) is 0 Å². The van der Waals surface area contributed by atoms with Crippen LogP contribution >= 0.6 is 0 Å². The maximum absolute atomic E-state index is 12.8. The normalized spacial score (nSPS) is 12.7. The van der Waals surface area contributed by atoms with E-state index < -0.39 is 6.10 Å². The summed E-state index contributed by atoms with van der Waals surface area (Å²) < 4.78 is 16.7. The number of allylic oxidation sites excluding steroid dienone is 14. The molecule has 6 heteroatoms. The highest BCUT2D eigenvalue weighted by atomic mass is 16.6. The van der Waals surface area contributed by atoms with Crippen molar-refractivity contribution in [2.45, 2.75) is 245 Å². The van der Waals surface area contributed by atoms with Crippen molar-refractivity contribution in [2.24, 2.45) is 0 Å². The lowest BCUT2D eigenvalue weighted by Crippen LogP contribution is -2.30. The van der Waals surface area contributed by atoms with E-state index in [-0.39, 0.29) is 31.1 Å². The van der Waals surface area contributed by atoms with Crippen LogP contribution in [0, 0.1) is 0 Å². The van der Waals surface area contributed by atoms with Gasteiger partial charge in [-0.15, -0.1) is 0 Å². The number of rotatable bonds is 46. The lowest BCUT2D eigenvalue weighted by atomic mass is 10.1. The highest BCUT2D eigenvalue weighted by molar-refractivity contribution is 5.71. The second kappa shape index (κ2) is 51.2. The molecule has 0 bridgehead atoms. The van der Waals surface area contributed by atoms with Crippen LogP contribution in [-0.4, -0.2) is 37.2 Å². The van der Waals surface area contributed by atoms with E-state index in [0.717, 1.165) is 122 Å². The van der Waals surface area contributed by atoms with Crippen molar-refractivity contribution in [3.63, 3.8) is 0 Å². The first-order valence-corrected chi connectivity index (χ1v) is 26.1. The Balaban J connectivity index is 4.29. The fraction of sp³-hybridized carbons (Fsp3) is 0.702. The number of unbranched alkanes of at least 4 members (excludes halogenated alkanes) is 21. The molecule has 0 aliphatic carbocycles. The molecule has 0 aliphatic heterocycles. The summed E-state index contributed by atoms with van der Waals surface area (Å²) in [7, 11) is 0. The van der Waals surface area contributed by atoms with Crippen molar-refractivity contribution in [1.29, 1.82) is 0 Å². The van der Waals surface area contributed by atoms with Crippen LogP contribution in [0.2, 0.25) is 0 Å². The summed E-state index contributed by atoms with van der Waals surface area (Å²) in [5, 5.41) is 0. The molecule has 0 saturated carbocycles. The van der Waals surface area contributed by atoms with Crippen LogP contribution in [-0.2, 0) is 28.6 Å². The first-order valence-electron chi connectivity index (χ1n) is 26.1. The Labute approximate surface area is 388 Å². The molecule has 6 nitrogen and oxygen atoms in total. The van der Waals surface area contributed by atoms with E-state index in [4.69, 9.17) is 14.2 Å². The molecule has 0 radical (unpaired) electrons. The van der Waals surface area contributed by atoms with Crippen molar-refractivity contribution in [1.82, 2.24) is 0 Å². The van der Waals surface area contributed by atoms with Gasteiger partial charge in [0.1, 0.15) is 13.2 Å². The number of hydrogen-bond acceptors (Lipinski definition) is 6. The molecule has 0 aliphatic rings. The molecule has 0 fully saturated rings. The van der Waals surface area contributed by atoms with Gasteiger partial charge in [-0.3, -0.25) is 14.4 Å². The van der Waals surface area contributed by atoms with Gasteiger partial charge in [0.25, 0.3) is 0 Å². The quantitative estimate of drug-likeness (QED) is 0.0262. The third kappa shape index (κ3) is 49.5. The van der Waals surface area contributed by atoms with Crippen LogP contribution in [0.5, 0.6) is 0 Å². The molecule has 0 aromatic carbocycles. The predicted octanol–water partition coefficient (Wildman–Crippen LogP) is 17.2. The van der Waals surface area contributed by atoms with Crippen molar-refractivity contribution in [3.8, 4) is 0 Å². The van der Waals surface area contributed by atoms with Gasteiger partial charge in [-0.25, -0.2) is 0 Å². The van der Waals surface area contributed by atoms with Gasteiger partial charge in [-0.1, -0.05) is 215 Å². The Morgan fingerprint density at radius 2 is 0.635 bits per heavy atom. The van der Waals surface area contributed by atoms with E-state index in [0.29, 0.717) is 19.3 Å². The van der Waals surface area contributed by atoms with E-state index in [1.54, 1.807) is 0 Å². The third-order valence-corrected chi connectivity index (χ3v) is 10.9. The smallest absolute Gasteiger partial charge is 0.306 e. The summed E-state index contributed by atoms with van der Waals surface area (Å²) in [6, 6.07) is 0. The molecule has 0 saturated heterocycles. The highest BCUT2D eigenvalue weighted by Crippen LogP contribution is 2.14. The number of ether oxygens (including phenoxy) is 3. The Kier molecular flexibility index (Phi) is 48.5. The summed E-state index contributed by atoms with van der Waals surface area (Å²) >= 11 is 0. The molecule has 0 N–H and O–H groups in total. The molecular formula is C57H96O6. The minimum absolute atomic E-state index is 0.0853. The monoisotopic (exact) mass is 877 g/mol. The zero-order chi connectivity index (χ0) is 45.8. The van der Waals surface area contributed by atoms with Crippen molar-refractivity contribution >= 4 is 17.9 Å². The van der Waals surface area contributed by atoms with E-state index in [1.807, 2.05) is 0 Å². The summed E-state index contributed by atoms with van der Waals surface area (Å²) in [6.07, 6.45) is 65.7. The maximum atomic E-state index is 12.8. The molecule has 0 aromatic rings. The molecular weight excluding hydrogens is 781 g/mol. The van der Waals surface area contributed by atoms with Crippen LogP contribution in [0.4, 0.5) is 0 Å². The van der Waals surface area contributed by atoms with Gasteiger partial charge < -0.3 is 14.2 Å². The van der Waals surface area contributed by atoms with Crippen LogP contribution < -0.4 is 0 Å². The molecule has 0 amide bonds. The topological polar surface area (TPSA) is 78.9 Å². The highest BCUT2D eigenvalue weighted by Gasteiger charge is 2.19. The Bertz CT molecular complexity index is 1240. The first-order chi connectivity index (χ1) is 31.0. The Morgan fingerprint density at radius 1 is 0.333 bits per heavy atom. The van der Waals surface area contributed by atoms with E-state index >= 15 is 0 Å². The lowest BCUT2D eigenvalue weighted by molar-refractivity contribution is -0.167. The average Bonchev–Trinajstić information content (AvgIpc) is 3.28. The van der Waals surface area contributed by atoms with E-state index in [2.05, 4.69) is 106 Å². The Hall–Kier alpha value is -3.41. The summed E-state index contributed by atoms with van der Waals surface area (Å²) in [6.45, 7) is 6.43. The van der Waals surface area contributed by atoms with Crippen molar-refractivity contribution in [2.75, 3.05) is 13.2 Å². The molecule has 63 heavy (non-hydrogen) atoms. The minimum atomic E-state index is -0.785. The van der Waals surface area contributed by atoms with Gasteiger partial charge in [0, 0.05) is 19.3 Å². The predicted molar refractivity (Wildman–Crippen MR) is 270 cm³/mol. The largest absolute Gasteiger partial charge is 0.462 e. The molecule has 360 valence electrons. The molecule has 0 aromatic heterocycles. The fourth-order valence-corrected chi connectivity index (χ4v) is 6.95. The molecule has 1 unspecified atom stereocenters. The SMILES string of the molecule is CC/C=C\C/C=C\C/C=C\C/C=C\C/C=C\CCCCCCCCCC(=O)OCC(COC(=O)CCCCCCCCCC)OC(=O)CCCCCCC/C=C\C/C=C\CCCC. The third-order valence-electron chi connectivity index (χ3n) is 10.9. The second-order valence-corrected chi connectivity index (χ2v) is 17.1. The fourth-order valence-electron chi connectivity index (χ4n) is 6.95. The first kappa shape index (κ1) is 59.6. The second-order valence-electron chi connectivity index (χ2n) is 17.1. The maximum Gasteiger partial charge on any atom is 0.306 e. The standard InChI is InChI=1S/C57H96O6/c1-4-7-10-13-16-19-21-23-25-26-27-28-29-30-31-32-33-35-36-38-41-44-47-50-56(59)62-53-54(52-61-55(58)49-46-43-40-18-15-12-9-6-3)63-57(60)51-48-45-42-39-37-34-24-22-20-17-14-11-8-5-2/h7,10,14,16-17,19,22-25,27-28,30-31,54H,4-6,8-9,11-13,15,18,20-21,26,29,32-53H2,1-3H3/b10-7-,17-14-,19-16-,24-22-,25-23-,28-27-,31-30-. The van der Waals surface area contributed by atoms with Gasteiger partial charge in [-0.05, 0) is 89.9 Å². The molecule has 0 spiro atoms. The van der Waals surface area contributed by atoms with Crippen molar-refractivity contribution < 1.29 is 28.6 Å². The summed E-state index contributed by atoms with van der Waals surface area (Å²) in [5.74, 6) is -0.916. The van der Waals surface area contributed by atoms with Crippen molar-refractivity contribution in [3.05, 3.63) is 85.1 Å². The van der Waals surface area contributed by atoms with Crippen LogP contribution in [0.3, 0.4) is 0 Å². The number of carbonyl (C=O) groups excluding carboxylic acids is 3. The van der Waals surface area contributed by atoms with Crippen LogP contribution in [0.25, 0.3) is 0 Å². The minimum Gasteiger partial charge on any atom is -0.462 e. The van der Waals surface area contributed by atoms with E-state index in [1.165, 1.54) is 77.0 Å². The summed E-state index contributed by atoms with van der Waals surface area (Å²) in [5.41, 5.74) is 0. The molecule has 0 rings (SSSR count). The number of carbonyl (C=O) groups is 3. The number of esters is 3. The van der Waals surface area contributed by atoms with Gasteiger partial charge in [-0.2, -0.15) is 0 Å². The van der Waals surface area contributed by atoms with Gasteiger partial charge in [0.2, 0.25) is 0 Å². The van der Waals surface area contributed by atoms with Gasteiger partial charge >= 0.3 is 17.9 Å². The molecule has 0 heterocycles. The van der Waals surface area contributed by atoms with Crippen LogP contribution in [0.15, 0.2) is 85.1 Å². The number of hydrogen-bond donors (Lipinski definition) is 0. The Morgan fingerprint density at radius 3 is 1.02 bits per heavy atom. The van der Waals surface area contributed by atoms with E-state index in [9.17, 15) is 14.4 Å². The van der Waals surface area contributed by atoms with Gasteiger partial charge in [0.15, 0.2) is 6.10 Å². The summed E-state index contributed by atoms with van der Waals surface area (Å²) in [4.78, 5) is 37.9. The average molecular weight is 877 g/mol. The van der Waals surface area contributed by atoms with Crippen LogP contribution in [0.1, 0.15) is 239 Å². The lowest BCUT2D eigenvalue weighted by Gasteiger charge is -2.18. The zero-order valence-corrected chi connectivity index (χ0v) is 41.1. The zero-order valence-electron chi connectivity index (χ0n) is 41.1.